The van der Waals surface area contributed by atoms with E-state index in [9.17, 15) is 13.2 Å². The van der Waals surface area contributed by atoms with E-state index in [1.165, 1.54) is 10.2 Å². The summed E-state index contributed by atoms with van der Waals surface area (Å²) in [4.78, 5) is 27.0. The van der Waals surface area contributed by atoms with Gasteiger partial charge in [0.2, 0.25) is 0 Å². The van der Waals surface area contributed by atoms with Crippen LogP contribution in [0.3, 0.4) is 0 Å². The van der Waals surface area contributed by atoms with Crippen LogP contribution in [0.4, 0.5) is 4.79 Å². The van der Waals surface area contributed by atoms with Crippen LogP contribution in [0.5, 0.6) is 0 Å². The smallest absolute Gasteiger partial charge is 0.410 e. The van der Waals surface area contributed by atoms with E-state index in [-0.39, 0.29) is 16.9 Å². The number of likely N-dealkylation sites (tertiary alicyclic amines) is 1. The van der Waals surface area contributed by atoms with Gasteiger partial charge in [0.25, 0.3) is 10.0 Å². The van der Waals surface area contributed by atoms with E-state index in [0.29, 0.717) is 29.6 Å². The van der Waals surface area contributed by atoms with E-state index in [0.717, 1.165) is 24.2 Å². The molecule has 5 rings (SSSR count). The minimum atomic E-state index is -3.77. The van der Waals surface area contributed by atoms with Crippen molar-refractivity contribution in [2.45, 2.75) is 50.0 Å². The van der Waals surface area contributed by atoms with E-state index in [1.807, 2.05) is 20.8 Å². The van der Waals surface area contributed by atoms with Crippen molar-refractivity contribution in [3.05, 3.63) is 54.6 Å². The first-order chi connectivity index (χ1) is 16.1. The third kappa shape index (κ3) is 4.02. The van der Waals surface area contributed by atoms with Crippen LogP contribution in [0.25, 0.3) is 22.1 Å². The number of benzene rings is 1. The zero-order valence-corrected chi connectivity index (χ0v) is 20.2. The van der Waals surface area contributed by atoms with Gasteiger partial charge in [-0.15, -0.1) is 0 Å². The molecular weight excluding hydrogens is 454 g/mol. The number of carbonyl (C=O) groups excluding carboxylic acids is 1. The number of H-pyrrole nitrogens is 1. The van der Waals surface area contributed by atoms with Gasteiger partial charge in [0.15, 0.2) is 5.65 Å². The maximum absolute atomic E-state index is 13.1. The van der Waals surface area contributed by atoms with E-state index in [1.54, 1.807) is 47.5 Å². The number of aromatic amines is 1. The van der Waals surface area contributed by atoms with Gasteiger partial charge in [-0.25, -0.2) is 27.2 Å². The van der Waals surface area contributed by atoms with Gasteiger partial charge in [-0.05, 0) is 51.8 Å². The fourth-order valence-corrected chi connectivity index (χ4v) is 5.66. The van der Waals surface area contributed by atoms with E-state index < -0.39 is 15.6 Å². The summed E-state index contributed by atoms with van der Waals surface area (Å²) >= 11 is 0. The Kier molecular flexibility index (Phi) is 5.35. The summed E-state index contributed by atoms with van der Waals surface area (Å²) in [6.45, 7) is 6.72. The van der Waals surface area contributed by atoms with Crippen LogP contribution in [-0.4, -0.2) is 57.0 Å². The van der Waals surface area contributed by atoms with Crippen LogP contribution in [-0.2, 0) is 14.8 Å². The largest absolute Gasteiger partial charge is 0.444 e. The van der Waals surface area contributed by atoms with Gasteiger partial charge in [0.05, 0.1) is 16.6 Å². The SMILES string of the molecule is CC(C)(C)OC(=O)N1CCCC(c2nc3cnc4c(ccn4S(=O)(=O)c4ccccc4)c3[nH]2)C1. The van der Waals surface area contributed by atoms with Crippen LogP contribution in [0.1, 0.15) is 45.4 Å². The molecule has 0 aliphatic carbocycles. The lowest BCUT2D eigenvalue weighted by Crippen LogP contribution is -2.42. The summed E-state index contributed by atoms with van der Waals surface area (Å²) in [6, 6.07) is 10.0. The topological polar surface area (TPSA) is 110 Å². The number of imidazole rings is 1. The summed E-state index contributed by atoms with van der Waals surface area (Å²) in [5.74, 6) is 0.787. The van der Waals surface area contributed by atoms with Crippen molar-refractivity contribution in [3.63, 3.8) is 0 Å². The number of aromatic nitrogens is 4. The number of carbonyl (C=O) groups is 1. The summed E-state index contributed by atoms with van der Waals surface area (Å²) in [7, 11) is -3.77. The van der Waals surface area contributed by atoms with Crippen molar-refractivity contribution in [1.29, 1.82) is 0 Å². The molecule has 0 bridgehead atoms. The van der Waals surface area contributed by atoms with Gasteiger partial charge < -0.3 is 14.6 Å². The van der Waals surface area contributed by atoms with Crippen molar-refractivity contribution in [1.82, 2.24) is 23.8 Å². The number of hydrogen-bond donors (Lipinski definition) is 1. The Labute approximate surface area is 197 Å². The fourth-order valence-electron chi connectivity index (χ4n) is 4.34. The molecule has 4 heterocycles. The highest BCUT2D eigenvalue weighted by atomic mass is 32.2. The predicted octanol–water partition coefficient (Wildman–Crippen LogP) is 4.26. The minimum absolute atomic E-state index is 0.0267. The molecule has 0 spiro atoms. The van der Waals surface area contributed by atoms with Gasteiger partial charge in [-0.2, -0.15) is 0 Å². The highest BCUT2D eigenvalue weighted by Crippen LogP contribution is 2.31. The first-order valence-electron chi connectivity index (χ1n) is 11.3. The molecular formula is C24H27N5O4S. The van der Waals surface area contributed by atoms with Gasteiger partial charge in [-0.1, -0.05) is 18.2 Å². The molecule has 1 unspecified atom stereocenters. The Hall–Kier alpha value is -3.40. The zero-order chi connectivity index (χ0) is 24.1. The summed E-state index contributed by atoms with van der Waals surface area (Å²) in [6.07, 6.45) is 4.52. The van der Waals surface area contributed by atoms with Gasteiger partial charge in [-0.3, -0.25) is 0 Å². The Morgan fingerprint density at radius 1 is 1.18 bits per heavy atom. The number of fused-ring (bicyclic) bond motifs is 3. The molecule has 1 fully saturated rings. The lowest BCUT2D eigenvalue weighted by Gasteiger charge is -2.33. The monoisotopic (exact) mass is 481 g/mol. The molecule has 3 aromatic heterocycles. The van der Waals surface area contributed by atoms with E-state index >= 15 is 0 Å². The predicted molar refractivity (Wildman–Crippen MR) is 128 cm³/mol. The molecule has 178 valence electrons. The highest BCUT2D eigenvalue weighted by molar-refractivity contribution is 7.90. The van der Waals surface area contributed by atoms with Crippen molar-refractivity contribution >= 4 is 38.2 Å². The summed E-state index contributed by atoms with van der Waals surface area (Å²) in [5.41, 5.74) is 1.18. The highest BCUT2D eigenvalue weighted by Gasteiger charge is 2.30. The molecule has 1 saturated heterocycles. The van der Waals surface area contributed by atoms with Crippen molar-refractivity contribution in [3.8, 4) is 0 Å². The maximum Gasteiger partial charge on any atom is 0.410 e. The van der Waals surface area contributed by atoms with Gasteiger partial charge >= 0.3 is 6.09 Å². The third-order valence-corrected chi connectivity index (χ3v) is 7.60. The van der Waals surface area contributed by atoms with Crippen LogP contribution in [0.15, 0.2) is 53.7 Å². The normalized spacial score (nSPS) is 17.4. The van der Waals surface area contributed by atoms with Crippen molar-refractivity contribution in [2.75, 3.05) is 13.1 Å². The van der Waals surface area contributed by atoms with Gasteiger partial charge in [0.1, 0.15) is 16.9 Å². The van der Waals surface area contributed by atoms with Crippen molar-refractivity contribution < 1.29 is 17.9 Å². The number of ether oxygens (including phenoxy) is 1. The van der Waals surface area contributed by atoms with E-state index in [2.05, 4.69) is 9.97 Å². The second kappa shape index (κ2) is 8.12. The van der Waals surface area contributed by atoms with Crippen LogP contribution >= 0.6 is 0 Å². The minimum Gasteiger partial charge on any atom is -0.444 e. The lowest BCUT2D eigenvalue weighted by atomic mass is 9.98. The Bertz CT molecular complexity index is 1470. The lowest BCUT2D eigenvalue weighted by molar-refractivity contribution is 0.0196. The fraction of sp³-hybridized carbons (Fsp3) is 0.375. The molecule has 4 aromatic rings. The molecule has 1 aliphatic rings. The molecule has 10 heteroatoms. The molecule has 1 aliphatic heterocycles. The van der Waals surface area contributed by atoms with Crippen LogP contribution in [0.2, 0.25) is 0 Å². The number of rotatable bonds is 3. The maximum atomic E-state index is 13.1. The molecule has 1 amide bonds. The average molecular weight is 482 g/mol. The molecule has 9 nitrogen and oxygen atoms in total. The quantitative estimate of drug-likeness (QED) is 0.468. The molecule has 1 aromatic carbocycles. The van der Waals surface area contributed by atoms with Crippen molar-refractivity contribution in [2.24, 2.45) is 0 Å². The summed E-state index contributed by atoms with van der Waals surface area (Å²) in [5, 5.41) is 0.676. The summed E-state index contributed by atoms with van der Waals surface area (Å²) < 4.78 is 33.0. The standard InChI is InChI=1S/C24H27N5O4S/c1-24(2,3)33-23(30)28-12-7-8-16(15-28)21-26-19-14-25-22-18(20(19)27-21)11-13-29(22)34(31,32)17-9-5-4-6-10-17/h4-6,9-11,13-14,16H,7-8,12,15H2,1-3H3,(H,26,27). The molecule has 0 saturated carbocycles. The molecule has 0 radical (unpaired) electrons. The number of pyridine rings is 1. The average Bonchev–Trinajstić information content (AvgIpc) is 3.43. The van der Waals surface area contributed by atoms with Gasteiger partial charge in [0, 0.05) is 30.6 Å². The number of hydrogen-bond acceptors (Lipinski definition) is 6. The number of amides is 1. The Morgan fingerprint density at radius 2 is 1.94 bits per heavy atom. The van der Waals surface area contributed by atoms with Crippen LogP contribution < -0.4 is 0 Å². The first kappa shape index (κ1) is 22.4. The second-order valence-corrected chi connectivity index (χ2v) is 11.4. The zero-order valence-electron chi connectivity index (χ0n) is 19.4. The molecule has 34 heavy (non-hydrogen) atoms. The van der Waals surface area contributed by atoms with Crippen LogP contribution in [0, 0.1) is 0 Å². The third-order valence-electron chi connectivity index (χ3n) is 5.91. The second-order valence-electron chi connectivity index (χ2n) is 9.57. The first-order valence-corrected chi connectivity index (χ1v) is 12.7. The Morgan fingerprint density at radius 3 is 2.68 bits per heavy atom. The number of piperidine rings is 1. The molecule has 1 atom stereocenters. The van der Waals surface area contributed by atoms with E-state index in [4.69, 9.17) is 9.72 Å². The molecule has 1 N–H and O–H groups in total. The number of nitrogens with one attached hydrogen (secondary N) is 1. The Balaban J connectivity index is 1.47. The number of nitrogens with zero attached hydrogens (tertiary/aromatic N) is 4.